The van der Waals surface area contributed by atoms with Crippen molar-refractivity contribution in [3.05, 3.63) is 36.3 Å². The molecule has 6 nitrogen and oxygen atoms in total. The van der Waals surface area contributed by atoms with E-state index in [-0.39, 0.29) is 23.7 Å². The molecule has 2 heterocycles. The first-order chi connectivity index (χ1) is 14.0. The Bertz CT molecular complexity index is 887. The van der Waals surface area contributed by atoms with Crippen LogP contribution in [0, 0.1) is 23.7 Å². The fourth-order valence-electron chi connectivity index (χ4n) is 4.85. The zero-order valence-electron chi connectivity index (χ0n) is 17.3. The molecule has 2 saturated carbocycles. The van der Waals surface area contributed by atoms with Crippen LogP contribution in [-0.2, 0) is 4.79 Å². The molecule has 0 saturated heterocycles. The normalized spacial score (nSPS) is 24.3. The van der Waals surface area contributed by atoms with Gasteiger partial charge in [-0.25, -0.2) is 4.98 Å². The van der Waals surface area contributed by atoms with Crippen molar-refractivity contribution in [2.24, 2.45) is 23.7 Å². The SMILES string of the molecule is CC(CNC(=O)C1[C@H]2CCCCC[C@@H]12)CN(C)C(=O)c1cc2cccnc2cn1. The summed E-state index contributed by atoms with van der Waals surface area (Å²) in [7, 11) is 1.79. The summed E-state index contributed by atoms with van der Waals surface area (Å²) in [5.74, 6) is 1.75. The topological polar surface area (TPSA) is 75.2 Å². The number of nitrogens with one attached hydrogen (secondary N) is 1. The van der Waals surface area contributed by atoms with E-state index in [1.807, 2.05) is 12.1 Å². The molecule has 0 aromatic carbocycles. The summed E-state index contributed by atoms with van der Waals surface area (Å²) < 4.78 is 0. The van der Waals surface area contributed by atoms with Gasteiger partial charge in [0, 0.05) is 37.6 Å². The Morgan fingerprint density at radius 3 is 2.72 bits per heavy atom. The molecular formula is C23H30N4O2. The van der Waals surface area contributed by atoms with Gasteiger partial charge in [-0.3, -0.25) is 14.6 Å². The fraction of sp³-hybridized carbons (Fsp3) is 0.565. The van der Waals surface area contributed by atoms with Crippen LogP contribution in [0.15, 0.2) is 30.6 Å². The Balaban J connectivity index is 1.27. The molecular weight excluding hydrogens is 364 g/mol. The number of nitrogens with zero attached hydrogens (tertiary/aromatic N) is 3. The van der Waals surface area contributed by atoms with Gasteiger partial charge in [0.25, 0.3) is 5.91 Å². The van der Waals surface area contributed by atoms with Gasteiger partial charge in [0.2, 0.25) is 5.91 Å². The third-order valence-electron chi connectivity index (χ3n) is 6.47. The molecule has 4 atom stereocenters. The quantitative estimate of drug-likeness (QED) is 0.816. The zero-order valence-corrected chi connectivity index (χ0v) is 17.3. The maximum Gasteiger partial charge on any atom is 0.272 e. The van der Waals surface area contributed by atoms with Crippen LogP contribution < -0.4 is 5.32 Å². The molecule has 2 aromatic heterocycles. The van der Waals surface area contributed by atoms with Crippen LogP contribution in [0.5, 0.6) is 0 Å². The number of pyridine rings is 2. The number of aromatic nitrogens is 2. The summed E-state index contributed by atoms with van der Waals surface area (Å²) in [6.45, 7) is 3.23. The highest BCUT2D eigenvalue weighted by atomic mass is 16.2. The predicted octanol–water partition coefficient (Wildman–Crippen LogP) is 3.28. The summed E-state index contributed by atoms with van der Waals surface area (Å²) in [5, 5.41) is 4.03. The highest BCUT2D eigenvalue weighted by Crippen LogP contribution is 2.54. The molecule has 1 N–H and O–H groups in total. The number of rotatable bonds is 6. The lowest BCUT2D eigenvalue weighted by Crippen LogP contribution is -2.37. The Morgan fingerprint density at radius 2 is 1.97 bits per heavy atom. The zero-order chi connectivity index (χ0) is 20.4. The van der Waals surface area contributed by atoms with E-state index in [1.54, 1.807) is 30.4 Å². The van der Waals surface area contributed by atoms with Gasteiger partial charge in [0.15, 0.2) is 0 Å². The summed E-state index contributed by atoms with van der Waals surface area (Å²) in [6.07, 6.45) is 9.64. The highest BCUT2D eigenvalue weighted by Gasteiger charge is 2.53. The molecule has 2 fully saturated rings. The van der Waals surface area contributed by atoms with Crippen LogP contribution >= 0.6 is 0 Å². The van der Waals surface area contributed by atoms with Gasteiger partial charge in [-0.1, -0.05) is 32.3 Å². The fourth-order valence-corrected chi connectivity index (χ4v) is 4.85. The van der Waals surface area contributed by atoms with Gasteiger partial charge in [0.05, 0.1) is 11.7 Å². The molecule has 0 radical (unpaired) electrons. The number of hydrogen-bond donors (Lipinski definition) is 1. The number of hydrogen-bond acceptors (Lipinski definition) is 4. The van der Waals surface area contributed by atoms with Gasteiger partial charge < -0.3 is 10.2 Å². The van der Waals surface area contributed by atoms with Crippen molar-refractivity contribution in [3.63, 3.8) is 0 Å². The molecule has 2 aliphatic carbocycles. The van der Waals surface area contributed by atoms with Crippen molar-refractivity contribution in [1.82, 2.24) is 20.2 Å². The van der Waals surface area contributed by atoms with Gasteiger partial charge in [0.1, 0.15) is 5.69 Å². The molecule has 29 heavy (non-hydrogen) atoms. The van der Waals surface area contributed by atoms with E-state index in [9.17, 15) is 9.59 Å². The van der Waals surface area contributed by atoms with Crippen LogP contribution in [0.1, 0.15) is 49.5 Å². The summed E-state index contributed by atoms with van der Waals surface area (Å²) in [4.78, 5) is 35.5. The second-order valence-electron chi connectivity index (χ2n) is 8.79. The average molecular weight is 395 g/mol. The lowest BCUT2D eigenvalue weighted by molar-refractivity contribution is -0.123. The largest absolute Gasteiger partial charge is 0.356 e. The molecule has 154 valence electrons. The maximum atomic E-state index is 12.7. The van der Waals surface area contributed by atoms with Crippen LogP contribution in [0.2, 0.25) is 0 Å². The summed E-state index contributed by atoms with van der Waals surface area (Å²) in [5.41, 5.74) is 1.20. The maximum absolute atomic E-state index is 12.7. The summed E-state index contributed by atoms with van der Waals surface area (Å²) in [6, 6.07) is 5.56. The van der Waals surface area contributed by atoms with Crippen molar-refractivity contribution in [3.8, 4) is 0 Å². The second kappa shape index (κ2) is 8.47. The van der Waals surface area contributed by atoms with Crippen molar-refractivity contribution in [2.45, 2.75) is 39.0 Å². The smallest absolute Gasteiger partial charge is 0.272 e. The van der Waals surface area contributed by atoms with E-state index >= 15 is 0 Å². The van der Waals surface area contributed by atoms with Crippen LogP contribution in [0.25, 0.3) is 10.9 Å². The van der Waals surface area contributed by atoms with E-state index in [2.05, 4.69) is 22.2 Å². The van der Waals surface area contributed by atoms with Gasteiger partial charge in [-0.05, 0) is 42.7 Å². The van der Waals surface area contributed by atoms with E-state index < -0.39 is 0 Å². The van der Waals surface area contributed by atoms with E-state index in [4.69, 9.17) is 0 Å². The first kappa shape index (κ1) is 19.8. The Morgan fingerprint density at radius 1 is 1.21 bits per heavy atom. The van der Waals surface area contributed by atoms with Crippen LogP contribution in [-0.4, -0.2) is 46.8 Å². The van der Waals surface area contributed by atoms with Crippen molar-refractivity contribution in [2.75, 3.05) is 20.1 Å². The molecule has 2 amide bonds. The van der Waals surface area contributed by atoms with E-state index in [0.717, 1.165) is 10.9 Å². The molecule has 2 unspecified atom stereocenters. The molecule has 4 rings (SSSR count). The molecule has 6 heteroatoms. The van der Waals surface area contributed by atoms with Crippen molar-refractivity contribution < 1.29 is 9.59 Å². The molecule has 0 spiro atoms. The Hall–Kier alpha value is -2.50. The number of carbonyl (C=O) groups is 2. The minimum absolute atomic E-state index is 0.113. The molecule has 2 aliphatic rings. The first-order valence-electron chi connectivity index (χ1n) is 10.8. The number of amides is 2. The van der Waals surface area contributed by atoms with E-state index in [1.165, 1.54) is 32.1 Å². The standard InChI is InChI=1S/C23H30N4O2/c1-15(12-26-22(28)21-17-8-4-3-5-9-18(17)21)14-27(2)23(29)19-11-16-7-6-10-24-20(16)13-25-19/h6-7,10-11,13,15,17-18,21H,3-5,8-9,12,14H2,1-2H3,(H,26,28)/t15?,17-,18+,21?. The lowest BCUT2D eigenvalue weighted by Gasteiger charge is -2.22. The second-order valence-corrected chi connectivity index (χ2v) is 8.79. The van der Waals surface area contributed by atoms with Crippen LogP contribution in [0.3, 0.4) is 0 Å². The van der Waals surface area contributed by atoms with Crippen LogP contribution in [0.4, 0.5) is 0 Å². The molecule has 2 aromatic rings. The predicted molar refractivity (Wildman–Crippen MR) is 112 cm³/mol. The summed E-state index contributed by atoms with van der Waals surface area (Å²) >= 11 is 0. The molecule has 0 bridgehead atoms. The van der Waals surface area contributed by atoms with Gasteiger partial charge in [-0.15, -0.1) is 0 Å². The Kier molecular flexibility index (Phi) is 5.79. The average Bonchev–Trinajstić information content (AvgIpc) is 3.46. The van der Waals surface area contributed by atoms with Gasteiger partial charge >= 0.3 is 0 Å². The Labute approximate surface area is 172 Å². The van der Waals surface area contributed by atoms with Gasteiger partial charge in [-0.2, -0.15) is 0 Å². The third-order valence-corrected chi connectivity index (χ3v) is 6.47. The highest BCUT2D eigenvalue weighted by molar-refractivity contribution is 5.95. The van der Waals surface area contributed by atoms with Crippen molar-refractivity contribution in [1.29, 1.82) is 0 Å². The number of carbonyl (C=O) groups excluding carboxylic acids is 2. The minimum Gasteiger partial charge on any atom is -0.356 e. The lowest BCUT2D eigenvalue weighted by atomic mass is 10.1. The monoisotopic (exact) mass is 394 g/mol. The van der Waals surface area contributed by atoms with Crippen molar-refractivity contribution >= 4 is 22.7 Å². The first-order valence-corrected chi connectivity index (χ1v) is 10.8. The van der Waals surface area contributed by atoms with E-state index in [0.29, 0.717) is 30.6 Å². The molecule has 0 aliphatic heterocycles. The third kappa shape index (κ3) is 4.41. The minimum atomic E-state index is -0.113. The number of fused-ring (bicyclic) bond motifs is 2.